The summed E-state index contributed by atoms with van der Waals surface area (Å²) < 4.78 is 5.06. The van der Waals surface area contributed by atoms with Crippen LogP contribution in [0.5, 0.6) is 0 Å². The van der Waals surface area contributed by atoms with Crippen molar-refractivity contribution in [3.8, 4) is 0 Å². The van der Waals surface area contributed by atoms with Crippen LogP contribution in [0.1, 0.15) is 31.4 Å². The first-order chi connectivity index (χ1) is 8.24. The lowest BCUT2D eigenvalue weighted by atomic mass is 10.0. The molecule has 0 radical (unpaired) electrons. The van der Waals surface area contributed by atoms with Gasteiger partial charge in [0.15, 0.2) is 0 Å². The van der Waals surface area contributed by atoms with Crippen molar-refractivity contribution < 1.29 is 9.53 Å². The fraction of sp³-hybridized carbons (Fsp3) is 0.462. The Morgan fingerprint density at radius 1 is 1.53 bits per heavy atom. The van der Waals surface area contributed by atoms with Crippen LogP contribution < -0.4 is 0 Å². The average molecular weight is 254 g/mol. The molecule has 1 saturated heterocycles. The van der Waals surface area contributed by atoms with Crippen LogP contribution >= 0.6 is 11.6 Å². The van der Waals surface area contributed by atoms with Gasteiger partial charge < -0.3 is 9.64 Å². The molecule has 0 bridgehead atoms. The lowest BCUT2D eigenvalue weighted by Gasteiger charge is -2.24. The number of carbonyl (C=O) groups is 1. The van der Waals surface area contributed by atoms with E-state index < -0.39 is 0 Å². The Morgan fingerprint density at radius 3 is 3.00 bits per heavy atom. The first-order valence-corrected chi connectivity index (χ1v) is 6.29. The van der Waals surface area contributed by atoms with E-state index in [-0.39, 0.29) is 12.1 Å². The highest BCUT2D eigenvalue weighted by Gasteiger charge is 2.31. The van der Waals surface area contributed by atoms with Gasteiger partial charge in [-0.05, 0) is 31.4 Å². The molecule has 1 heterocycles. The van der Waals surface area contributed by atoms with Crippen molar-refractivity contribution in [2.24, 2.45) is 0 Å². The van der Waals surface area contributed by atoms with Gasteiger partial charge in [0.1, 0.15) is 0 Å². The van der Waals surface area contributed by atoms with Crippen LogP contribution in [-0.4, -0.2) is 24.1 Å². The molecule has 17 heavy (non-hydrogen) atoms. The van der Waals surface area contributed by atoms with Crippen molar-refractivity contribution in [2.75, 3.05) is 13.2 Å². The fourth-order valence-corrected chi connectivity index (χ4v) is 2.52. The quantitative estimate of drug-likeness (QED) is 0.805. The third kappa shape index (κ3) is 2.55. The van der Waals surface area contributed by atoms with Gasteiger partial charge in [-0.15, -0.1) is 0 Å². The molecular weight excluding hydrogens is 238 g/mol. The van der Waals surface area contributed by atoms with Crippen LogP contribution in [0.3, 0.4) is 0 Å². The molecule has 1 aromatic carbocycles. The zero-order valence-electron chi connectivity index (χ0n) is 9.86. The van der Waals surface area contributed by atoms with Crippen LogP contribution in [0.2, 0.25) is 5.02 Å². The molecule has 92 valence electrons. The minimum atomic E-state index is -0.241. The normalized spacial score (nSPS) is 19.4. The lowest BCUT2D eigenvalue weighted by Crippen LogP contribution is -2.31. The van der Waals surface area contributed by atoms with Gasteiger partial charge in [-0.25, -0.2) is 4.79 Å². The maximum Gasteiger partial charge on any atom is 0.410 e. The van der Waals surface area contributed by atoms with Crippen molar-refractivity contribution in [3.05, 3.63) is 34.9 Å². The number of hydrogen-bond acceptors (Lipinski definition) is 2. The topological polar surface area (TPSA) is 29.5 Å². The summed E-state index contributed by atoms with van der Waals surface area (Å²) in [5, 5.41) is 0.716. The molecule has 1 amide bonds. The standard InChI is InChI=1S/C13H16ClNO2/c1-2-17-13(16)15-9-5-8-12(15)10-6-3-4-7-11(10)14/h3-4,6-7,12H,2,5,8-9H2,1H3. The average Bonchev–Trinajstić information content (AvgIpc) is 2.79. The molecule has 0 spiro atoms. The molecule has 1 aromatic rings. The van der Waals surface area contributed by atoms with E-state index in [0.717, 1.165) is 24.9 Å². The molecule has 0 aliphatic carbocycles. The Hall–Kier alpha value is -1.22. The van der Waals surface area contributed by atoms with Crippen molar-refractivity contribution in [1.82, 2.24) is 4.90 Å². The van der Waals surface area contributed by atoms with Gasteiger partial charge >= 0.3 is 6.09 Å². The van der Waals surface area contributed by atoms with E-state index in [1.807, 2.05) is 31.2 Å². The van der Waals surface area contributed by atoms with Gasteiger partial charge in [-0.3, -0.25) is 0 Å². The predicted octanol–water partition coefficient (Wildman–Crippen LogP) is 3.63. The third-order valence-corrected chi connectivity index (χ3v) is 3.36. The Balaban J connectivity index is 2.20. The Labute approximate surface area is 106 Å². The van der Waals surface area contributed by atoms with E-state index in [2.05, 4.69) is 0 Å². The molecule has 2 rings (SSSR count). The summed E-state index contributed by atoms with van der Waals surface area (Å²) in [6.45, 7) is 2.97. The number of hydrogen-bond donors (Lipinski definition) is 0. The smallest absolute Gasteiger partial charge is 0.410 e. The Kier molecular flexibility index (Phi) is 3.89. The molecule has 1 unspecified atom stereocenters. The largest absolute Gasteiger partial charge is 0.450 e. The highest BCUT2D eigenvalue weighted by atomic mass is 35.5. The third-order valence-electron chi connectivity index (χ3n) is 3.02. The Bertz CT molecular complexity index is 408. The SMILES string of the molecule is CCOC(=O)N1CCCC1c1ccccc1Cl. The molecule has 1 aliphatic heterocycles. The molecular formula is C13H16ClNO2. The van der Waals surface area contributed by atoms with E-state index in [4.69, 9.17) is 16.3 Å². The molecule has 0 N–H and O–H groups in total. The molecule has 4 heteroatoms. The van der Waals surface area contributed by atoms with Crippen LogP contribution in [0.25, 0.3) is 0 Å². The van der Waals surface area contributed by atoms with E-state index in [1.54, 1.807) is 4.90 Å². The van der Waals surface area contributed by atoms with Crippen molar-refractivity contribution in [3.63, 3.8) is 0 Å². The first-order valence-electron chi connectivity index (χ1n) is 5.92. The zero-order chi connectivity index (χ0) is 12.3. The Morgan fingerprint density at radius 2 is 2.29 bits per heavy atom. The molecule has 1 fully saturated rings. The minimum Gasteiger partial charge on any atom is -0.450 e. The first kappa shape index (κ1) is 12.2. The van der Waals surface area contributed by atoms with Gasteiger partial charge in [0.2, 0.25) is 0 Å². The second-order valence-corrected chi connectivity index (χ2v) is 4.48. The van der Waals surface area contributed by atoms with E-state index in [1.165, 1.54) is 0 Å². The molecule has 0 saturated carbocycles. The summed E-state index contributed by atoms with van der Waals surface area (Å²) in [7, 11) is 0. The van der Waals surface area contributed by atoms with Gasteiger partial charge in [0.05, 0.1) is 12.6 Å². The van der Waals surface area contributed by atoms with E-state index >= 15 is 0 Å². The van der Waals surface area contributed by atoms with Gasteiger partial charge in [-0.1, -0.05) is 29.8 Å². The summed E-state index contributed by atoms with van der Waals surface area (Å²) in [4.78, 5) is 13.6. The highest BCUT2D eigenvalue weighted by molar-refractivity contribution is 6.31. The number of likely N-dealkylation sites (tertiary alicyclic amines) is 1. The second kappa shape index (κ2) is 5.41. The highest BCUT2D eigenvalue weighted by Crippen LogP contribution is 2.35. The summed E-state index contributed by atoms with van der Waals surface area (Å²) in [5.41, 5.74) is 1.01. The number of halogens is 1. The summed E-state index contributed by atoms with van der Waals surface area (Å²) in [5.74, 6) is 0. The van der Waals surface area contributed by atoms with Crippen molar-refractivity contribution in [2.45, 2.75) is 25.8 Å². The number of amides is 1. The molecule has 1 aliphatic rings. The van der Waals surface area contributed by atoms with E-state index in [0.29, 0.717) is 11.6 Å². The van der Waals surface area contributed by atoms with Crippen molar-refractivity contribution >= 4 is 17.7 Å². The van der Waals surface area contributed by atoms with Crippen LogP contribution in [0, 0.1) is 0 Å². The second-order valence-electron chi connectivity index (χ2n) is 4.07. The van der Waals surface area contributed by atoms with Gasteiger partial charge in [0.25, 0.3) is 0 Å². The number of nitrogens with zero attached hydrogens (tertiary/aromatic N) is 1. The van der Waals surface area contributed by atoms with Crippen LogP contribution in [-0.2, 0) is 4.74 Å². The number of carbonyl (C=O) groups excluding carboxylic acids is 1. The summed E-state index contributed by atoms with van der Waals surface area (Å²) in [6, 6.07) is 7.74. The lowest BCUT2D eigenvalue weighted by molar-refractivity contribution is 0.103. The molecule has 0 aromatic heterocycles. The number of ether oxygens (including phenoxy) is 1. The minimum absolute atomic E-state index is 0.0581. The maximum atomic E-state index is 11.8. The summed E-state index contributed by atoms with van der Waals surface area (Å²) >= 11 is 6.17. The monoisotopic (exact) mass is 253 g/mol. The van der Waals surface area contributed by atoms with Gasteiger partial charge in [-0.2, -0.15) is 0 Å². The van der Waals surface area contributed by atoms with Gasteiger partial charge in [0, 0.05) is 11.6 Å². The van der Waals surface area contributed by atoms with E-state index in [9.17, 15) is 4.79 Å². The molecule has 3 nitrogen and oxygen atoms in total. The number of benzene rings is 1. The number of rotatable bonds is 2. The molecule has 1 atom stereocenters. The van der Waals surface area contributed by atoms with Crippen LogP contribution in [0.4, 0.5) is 4.79 Å². The predicted molar refractivity (Wildman–Crippen MR) is 67.2 cm³/mol. The fourth-order valence-electron chi connectivity index (χ4n) is 2.26. The van der Waals surface area contributed by atoms with Crippen molar-refractivity contribution in [1.29, 1.82) is 0 Å². The maximum absolute atomic E-state index is 11.8. The van der Waals surface area contributed by atoms with Crippen LogP contribution in [0.15, 0.2) is 24.3 Å². The zero-order valence-corrected chi connectivity index (χ0v) is 10.6. The summed E-state index contributed by atoms with van der Waals surface area (Å²) in [6.07, 6.45) is 1.70.